The standard InChI is InChI=1S/C19H30N2O2S/c1-19(2,3)16-6-8-18(9-7-16)24(22,23)21-14-10-17(11-15-21)20-12-4-5-13-20/h6-9,17H,4-5,10-15H2,1-3H3. The summed E-state index contributed by atoms with van der Waals surface area (Å²) < 4.78 is 27.4. The van der Waals surface area contributed by atoms with Gasteiger partial charge >= 0.3 is 0 Å². The predicted molar refractivity (Wildman–Crippen MR) is 97.7 cm³/mol. The van der Waals surface area contributed by atoms with Crippen LogP contribution in [-0.4, -0.2) is 49.8 Å². The summed E-state index contributed by atoms with van der Waals surface area (Å²) in [4.78, 5) is 2.97. The molecular formula is C19H30N2O2S. The van der Waals surface area contributed by atoms with Gasteiger partial charge in [-0.05, 0) is 61.9 Å². The lowest BCUT2D eigenvalue weighted by Gasteiger charge is -2.36. The molecule has 4 nitrogen and oxygen atoms in total. The first-order valence-electron chi connectivity index (χ1n) is 9.13. The molecular weight excluding hydrogens is 320 g/mol. The van der Waals surface area contributed by atoms with Gasteiger partial charge in [-0.25, -0.2) is 8.42 Å². The van der Waals surface area contributed by atoms with Crippen molar-refractivity contribution in [1.82, 2.24) is 9.21 Å². The number of benzene rings is 1. The third-order valence-electron chi connectivity index (χ3n) is 5.44. The van der Waals surface area contributed by atoms with Crippen molar-refractivity contribution in [1.29, 1.82) is 0 Å². The Morgan fingerprint density at radius 1 is 0.917 bits per heavy atom. The van der Waals surface area contributed by atoms with E-state index in [1.54, 1.807) is 16.4 Å². The first-order chi connectivity index (χ1) is 11.3. The third-order valence-corrected chi connectivity index (χ3v) is 7.35. The van der Waals surface area contributed by atoms with Crippen LogP contribution in [0.15, 0.2) is 29.2 Å². The van der Waals surface area contributed by atoms with Gasteiger partial charge in [0.2, 0.25) is 10.0 Å². The predicted octanol–water partition coefficient (Wildman–Crippen LogP) is 3.23. The number of hydrogen-bond acceptors (Lipinski definition) is 3. The minimum absolute atomic E-state index is 0.0381. The van der Waals surface area contributed by atoms with Crippen LogP contribution in [0.5, 0.6) is 0 Å². The van der Waals surface area contributed by atoms with E-state index >= 15 is 0 Å². The smallest absolute Gasteiger partial charge is 0.243 e. The second-order valence-corrected chi connectivity index (χ2v) is 10.1. The summed E-state index contributed by atoms with van der Waals surface area (Å²) in [6.07, 6.45) is 4.50. The normalized spacial score (nSPS) is 22.1. The number of likely N-dealkylation sites (tertiary alicyclic amines) is 1. The zero-order chi connectivity index (χ0) is 17.4. The van der Waals surface area contributed by atoms with Gasteiger partial charge in [0, 0.05) is 19.1 Å². The molecule has 0 spiro atoms. The molecule has 0 bridgehead atoms. The molecule has 2 aliphatic heterocycles. The molecule has 1 aromatic carbocycles. The highest BCUT2D eigenvalue weighted by molar-refractivity contribution is 7.89. The minimum atomic E-state index is -3.36. The molecule has 134 valence electrons. The van der Waals surface area contributed by atoms with E-state index in [0.717, 1.165) is 18.4 Å². The summed E-state index contributed by atoms with van der Waals surface area (Å²) in [6, 6.07) is 8.00. The molecule has 2 heterocycles. The van der Waals surface area contributed by atoms with Crippen molar-refractivity contribution in [3.05, 3.63) is 29.8 Å². The monoisotopic (exact) mass is 350 g/mol. The zero-order valence-corrected chi connectivity index (χ0v) is 16.0. The molecule has 5 heteroatoms. The van der Waals surface area contributed by atoms with Crippen LogP contribution in [0.3, 0.4) is 0 Å². The average molecular weight is 351 g/mol. The van der Waals surface area contributed by atoms with Gasteiger partial charge in [0.25, 0.3) is 0 Å². The summed E-state index contributed by atoms with van der Waals surface area (Å²) in [5.74, 6) is 0. The fourth-order valence-electron chi connectivity index (χ4n) is 3.83. The van der Waals surface area contributed by atoms with Crippen molar-refractivity contribution in [2.24, 2.45) is 0 Å². The molecule has 2 fully saturated rings. The van der Waals surface area contributed by atoms with Gasteiger partial charge in [0.1, 0.15) is 0 Å². The maximum atomic E-state index is 12.9. The van der Waals surface area contributed by atoms with E-state index in [0.29, 0.717) is 24.0 Å². The van der Waals surface area contributed by atoms with Crippen molar-refractivity contribution in [2.45, 2.75) is 62.8 Å². The topological polar surface area (TPSA) is 40.6 Å². The maximum Gasteiger partial charge on any atom is 0.243 e. The number of sulfonamides is 1. The Hall–Kier alpha value is -0.910. The number of nitrogens with zero attached hydrogens (tertiary/aromatic N) is 2. The first kappa shape index (κ1) is 17.9. The SMILES string of the molecule is CC(C)(C)c1ccc(S(=O)(=O)N2CCC(N3CCCC3)CC2)cc1. The van der Waals surface area contributed by atoms with Crippen LogP contribution in [0, 0.1) is 0 Å². The molecule has 2 saturated heterocycles. The molecule has 0 aliphatic carbocycles. The number of hydrogen-bond donors (Lipinski definition) is 0. The molecule has 0 atom stereocenters. The fraction of sp³-hybridized carbons (Fsp3) is 0.684. The lowest BCUT2D eigenvalue weighted by atomic mass is 9.87. The molecule has 24 heavy (non-hydrogen) atoms. The summed E-state index contributed by atoms with van der Waals surface area (Å²) in [5.41, 5.74) is 1.20. The minimum Gasteiger partial charge on any atom is -0.300 e. The van der Waals surface area contributed by atoms with Gasteiger partial charge in [-0.3, -0.25) is 0 Å². The summed E-state index contributed by atoms with van der Waals surface area (Å²) >= 11 is 0. The van der Waals surface area contributed by atoms with E-state index in [2.05, 4.69) is 25.7 Å². The Bertz CT molecular complexity index is 648. The van der Waals surface area contributed by atoms with Crippen molar-refractivity contribution in [3.63, 3.8) is 0 Å². The first-order valence-corrected chi connectivity index (χ1v) is 10.6. The number of rotatable bonds is 3. The van der Waals surface area contributed by atoms with Crippen LogP contribution in [0.25, 0.3) is 0 Å². The van der Waals surface area contributed by atoms with Gasteiger partial charge in [-0.15, -0.1) is 0 Å². The average Bonchev–Trinajstić information content (AvgIpc) is 3.09. The van der Waals surface area contributed by atoms with E-state index in [-0.39, 0.29) is 5.41 Å². The van der Waals surface area contributed by atoms with E-state index < -0.39 is 10.0 Å². The quantitative estimate of drug-likeness (QED) is 0.840. The second-order valence-electron chi connectivity index (χ2n) is 8.15. The van der Waals surface area contributed by atoms with E-state index in [9.17, 15) is 8.42 Å². The van der Waals surface area contributed by atoms with E-state index in [1.165, 1.54) is 25.9 Å². The molecule has 2 aliphatic rings. The van der Waals surface area contributed by atoms with Crippen molar-refractivity contribution in [2.75, 3.05) is 26.2 Å². The summed E-state index contributed by atoms with van der Waals surface area (Å²) in [5, 5.41) is 0. The van der Waals surface area contributed by atoms with Crippen molar-refractivity contribution in [3.8, 4) is 0 Å². The highest BCUT2D eigenvalue weighted by Gasteiger charge is 2.32. The van der Waals surface area contributed by atoms with Gasteiger partial charge in [-0.2, -0.15) is 4.31 Å². The molecule has 0 N–H and O–H groups in total. The Kier molecular flexibility index (Phi) is 5.05. The lowest BCUT2D eigenvalue weighted by Crippen LogP contribution is -2.45. The molecule has 0 amide bonds. The van der Waals surface area contributed by atoms with Crippen LogP contribution < -0.4 is 0 Å². The molecule has 1 aromatic rings. The summed E-state index contributed by atoms with van der Waals surface area (Å²) in [7, 11) is -3.36. The second kappa shape index (κ2) is 6.77. The van der Waals surface area contributed by atoms with Crippen LogP contribution in [0.2, 0.25) is 0 Å². The van der Waals surface area contributed by atoms with Crippen LogP contribution in [0.1, 0.15) is 52.0 Å². The van der Waals surface area contributed by atoms with Gasteiger partial charge in [-0.1, -0.05) is 32.9 Å². The van der Waals surface area contributed by atoms with Gasteiger partial charge < -0.3 is 4.90 Å². The molecule has 3 rings (SSSR count). The molecule has 0 saturated carbocycles. The van der Waals surface area contributed by atoms with Crippen molar-refractivity contribution >= 4 is 10.0 Å². The van der Waals surface area contributed by atoms with E-state index in [4.69, 9.17) is 0 Å². The lowest BCUT2D eigenvalue weighted by molar-refractivity contribution is 0.168. The summed E-state index contributed by atoms with van der Waals surface area (Å²) in [6.45, 7) is 10.1. The third kappa shape index (κ3) is 3.68. The molecule has 0 aromatic heterocycles. The fourth-order valence-corrected chi connectivity index (χ4v) is 5.30. The molecule has 0 radical (unpaired) electrons. The van der Waals surface area contributed by atoms with Gasteiger partial charge in [0.15, 0.2) is 0 Å². The molecule has 0 unspecified atom stereocenters. The van der Waals surface area contributed by atoms with Crippen LogP contribution in [-0.2, 0) is 15.4 Å². The Balaban J connectivity index is 1.67. The zero-order valence-electron chi connectivity index (χ0n) is 15.2. The Labute approximate surface area is 146 Å². The number of piperidine rings is 1. The van der Waals surface area contributed by atoms with Gasteiger partial charge in [0.05, 0.1) is 4.90 Å². The van der Waals surface area contributed by atoms with Crippen LogP contribution >= 0.6 is 0 Å². The highest BCUT2D eigenvalue weighted by Crippen LogP contribution is 2.27. The maximum absolute atomic E-state index is 12.9. The largest absolute Gasteiger partial charge is 0.300 e. The van der Waals surface area contributed by atoms with E-state index in [1.807, 2.05) is 12.1 Å². The Morgan fingerprint density at radius 3 is 1.96 bits per heavy atom. The van der Waals surface area contributed by atoms with Crippen LogP contribution in [0.4, 0.5) is 0 Å². The van der Waals surface area contributed by atoms with Crippen molar-refractivity contribution < 1.29 is 8.42 Å². The Morgan fingerprint density at radius 2 is 1.46 bits per heavy atom. The highest BCUT2D eigenvalue weighted by atomic mass is 32.2.